The Morgan fingerprint density at radius 2 is 1.59 bits per heavy atom. The molecule has 4 aromatic rings. The molecule has 3 aromatic carbocycles. The lowest BCUT2D eigenvalue weighted by Gasteiger charge is -2.10. The highest BCUT2D eigenvalue weighted by Gasteiger charge is 2.24. The van der Waals surface area contributed by atoms with Gasteiger partial charge in [0.05, 0.1) is 0 Å². The van der Waals surface area contributed by atoms with E-state index in [0.717, 1.165) is 22.3 Å². The summed E-state index contributed by atoms with van der Waals surface area (Å²) in [4.78, 5) is 12.6. The lowest BCUT2D eigenvalue weighted by molar-refractivity contribution is -0.118. The zero-order chi connectivity index (χ0) is 22.5. The Morgan fingerprint density at radius 3 is 2.25 bits per heavy atom. The average Bonchev–Trinajstić information content (AvgIpc) is 3.19. The molecule has 0 bridgehead atoms. The highest BCUT2D eigenvalue weighted by molar-refractivity contribution is 5.96. The van der Waals surface area contributed by atoms with E-state index in [9.17, 15) is 10.1 Å². The number of amides is 1. The monoisotopic (exact) mass is 422 g/mol. The summed E-state index contributed by atoms with van der Waals surface area (Å²) in [6.07, 6.45) is 0. The summed E-state index contributed by atoms with van der Waals surface area (Å²) in [5.41, 5.74) is 4.63. The fourth-order valence-corrected chi connectivity index (χ4v) is 3.49. The van der Waals surface area contributed by atoms with Crippen molar-refractivity contribution in [3.05, 3.63) is 95.6 Å². The first-order valence-corrected chi connectivity index (χ1v) is 10.2. The Labute approximate surface area is 186 Å². The Kier molecular flexibility index (Phi) is 6.05. The predicted octanol–water partition coefficient (Wildman–Crippen LogP) is 6.12. The molecule has 0 spiro atoms. The number of hydrogen-bond acceptors (Lipinski definition) is 4. The van der Waals surface area contributed by atoms with Gasteiger partial charge in [-0.15, -0.1) is 0 Å². The van der Waals surface area contributed by atoms with Crippen molar-refractivity contribution in [2.24, 2.45) is 0 Å². The first-order valence-electron chi connectivity index (χ1n) is 10.2. The van der Waals surface area contributed by atoms with Crippen LogP contribution >= 0.6 is 0 Å². The van der Waals surface area contributed by atoms with Crippen LogP contribution in [-0.4, -0.2) is 12.5 Å². The number of rotatable bonds is 6. The molecule has 32 heavy (non-hydrogen) atoms. The maximum Gasteiger partial charge on any atom is 0.264 e. The van der Waals surface area contributed by atoms with Crippen molar-refractivity contribution in [3.8, 4) is 34.3 Å². The number of aryl methyl sites for hydroxylation is 1. The molecule has 5 nitrogen and oxygen atoms in total. The number of furan rings is 1. The van der Waals surface area contributed by atoms with Gasteiger partial charge in [0.2, 0.25) is 5.88 Å². The van der Waals surface area contributed by atoms with Crippen molar-refractivity contribution in [1.82, 2.24) is 0 Å². The van der Waals surface area contributed by atoms with E-state index < -0.39 is 5.91 Å². The van der Waals surface area contributed by atoms with Gasteiger partial charge in [0.15, 0.2) is 6.61 Å². The molecule has 0 radical (unpaired) electrons. The van der Waals surface area contributed by atoms with Gasteiger partial charge in [-0.1, -0.05) is 72.8 Å². The number of benzene rings is 3. The second kappa shape index (κ2) is 9.23. The van der Waals surface area contributed by atoms with Gasteiger partial charge in [0, 0.05) is 11.1 Å². The minimum absolute atomic E-state index is 0.111. The molecular weight excluding hydrogens is 400 g/mol. The Hall–Kier alpha value is -4.30. The van der Waals surface area contributed by atoms with E-state index in [2.05, 4.69) is 11.4 Å². The summed E-state index contributed by atoms with van der Waals surface area (Å²) in [6, 6.07) is 26.9. The molecule has 0 aliphatic heterocycles. The third-order valence-electron chi connectivity index (χ3n) is 5.29. The standard InChI is InChI=1S/C27H22N2O3/c1-18-10-9-15-23(19(18)2)31-17-24(30)29-27-22(16-28)25(20-11-5-3-6-12-20)26(32-27)21-13-7-4-8-14-21/h3-15H,17H2,1-2H3,(H,29,30). The van der Waals surface area contributed by atoms with Crippen molar-refractivity contribution >= 4 is 11.8 Å². The van der Waals surface area contributed by atoms with E-state index in [4.69, 9.17) is 9.15 Å². The van der Waals surface area contributed by atoms with Crippen molar-refractivity contribution in [1.29, 1.82) is 5.26 Å². The van der Waals surface area contributed by atoms with Crippen LogP contribution in [0.25, 0.3) is 22.5 Å². The van der Waals surface area contributed by atoms with Gasteiger partial charge in [0.1, 0.15) is 23.1 Å². The van der Waals surface area contributed by atoms with E-state index in [-0.39, 0.29) is 18.1 Å². The molecular formula is C27H22N2O3. The molecule has 0 unspecified atom stereocenters. The molecule has 0 saturated carbocycles. The Bertz CT molecular complexity index is 1290. The predicted molar refractivity (Wildman–Crippen MR) is 124 cm³/mol. The van der Waals surface area contributed by atoms with E-state index in [1.165, 1.54) is 0 Å². The van der Waals surface area contributed by atoms with Crippen LogP contribution in [-0.2, 0) is 4.79 Å². The summed E-state index contributed by atoms with van der Waals surface area (Å²) in [6.45, 7) is 3.74. The lowest BCUT2D eigenvalue weighted by atomic mass is 9.98. The van der Waals surface area contributed by atoms with Crippen LogP contribution in [0.3, 0.4) is 0 Å². The number of anilines is 1. The summed E-state index contributed by atoms with van der Waals surface area (Å²) < 4.78 is 11.7. The van der Waals surface area contributed by atoms with Gasteiger partial charge < -0.3 is 9.15 Å². The minimum atomic E-state index is -0.407. The quantitative estimate of drug-likeness (QED) is 0.406. The number of hydrogen-bond donors (Lipinski definition) is 1. The van der Waals surface area contributed by atoms with Crippen molar-refractivity contribution < 1.29 is 13.9 Å². The SMILES string of the molecule is Cc1cccc(OCC(=O)Nc2oc(-c3ccccc3)c(-c3ccccc3)c2C#N)c1C. The van der Waals surface area contributed by atoms with Crippen LogP contribution < -0.4 is 10.1 Å². The molecule has 0 aliphatic carbocycles. The first-order chi connectivity index (χ1) is 15.6. The molecule has 1 N–H and O–H groups in total. The maximum absolute atomic E-state index is 12.6. The largest absolute Gasteiger partial charge is 0.483 e. The number of nitrogens with one attached hydrogen (secondary N) is 1. The Morgan fingerprint density at radius 1 is 0.938 bits per heavy atom. The fourth-order valence-electron chi connectivity index (χ4n) is 3.49. The molecule has 158 valence electrons. The molecule has 0 aliphatic rings. The lowest BCUT2D eigenvalue weighted by Crippen LogP contribution is -2.20. The van der Waals surface area contributed by atoms with Crippen LogP contribution in [0.5, 0.6) is 5.75 Å². The summed E-state index contributed by atoms with van der Waals surface area (Å²) in [7, 11) is 0. The normalized spacial score (nSPS) is 10.4. The molecule has 4 rings (SSSR count). The molecule has 1 aromatic heterocycles. The van der Waals surface area contributed by atoms with Gasteiger partial charge >= 0.3 is 0 Å². The van der Waals surface area contributed by atoms with Gasteiger partial charge in [0.25, 0.3) is 5.91 Å². The molecule has 0 atom stereocenters. The van der Waals surface area contributed by atoms with Crippen LogP contribution in [0.15, 0.2) is 83.3 Å². The van der Waals surface area contributed by atoms with E-state index in [1.807, 2.05) is 92.7 Å². The smallest absolute Gasteiger partial charge is 0.264 e. The molecule has 0 saturated heterocycles. The van der Waals surface area contributed by atoms with Crippen molar-refractivity contribution in [3.63, 3.8) is 0 Å². The third kappa shape index (κ3) is 4.26. The molecule has 1 amide bonds. The first kappa shape index (κ1) is 21.0. The number of carbonyl (C=O) groups is 1. The van der Waals surface area contributed by atoms with E-state index in [0.29, 0.717) is 17.1 Å². The van der Waals surface area contributed by atoms with Crippen LogP contribution in [0.1, 0.15) is 16.7 Å². The molecule has 0 fully saturated rings. The topological polar surface area (TPSA) is 75.3 Å². The number of carbonyl (C=O) groups excluding carboxylic acids is 1. The Balaban J connectivity index is 1.65. The van der Waals surface area contributed by atoms with Crippen LogP contribution in [0.4, 0.5) is 5.88 Å². The van der Waals surface area contributed by atoms with Crippen LogP contribution in [0, 0.1) is 25.2 Å². The number of nitriles is 1. The summed E-state index contributed by atoms with van der Waals surface area (Å²) >= 11 is 0. The third-order valence-corrected chi connectivity index (χ3v) is 5.29. The highest BCUT2D eigenvalue weighted by atomic mass is 16.5. The van der Waals surface area contributed by atoms with Crippen molar-refractivity contribution in [2.45, 2.75) is 13.8 Å². The van der Waals surface area contributed by atoms with E-state index in [1.54, 1.807) is 0 Å². The van der Waals surface area contributed by atoms with E-state index >= 15 is 0 Å². The average molecular weight is 422 g/mol. The zero-order valence-electron chi connectivity index (χ0n) is 17.9. The fraction of sp³-hybridized carbons (Fsp3) is 0.111. The summed E-state index contributed by atoms with van der Waals surface area (Å²) in [5, 5.41) is 12.6. The summed E-state index contributed by atoms with van der Waals surface area (Å²) in [5.74, 6) is 0.879. The van der Waals surface area contributed by atoms with Crippen molar-refractivity contribution in [2.75, 3.05) is 11.9 Å². The van der Waals surface area contributed by atoms with Crippen LogP contribution in [0.2, 0.25) is 0 Å². The van der Waals surface area contributed by atoms with Gasteiger partial charge in [-0.25, -0.2) is 0 Å². The second-order valence-corrected chi connectivity index (χ2v) is 7.39. The van der Waals surface area contributed by atoms with Gasteiger partial charge in [-0.05, 0) is 36.6 Å². The molecule has 1 heterocycles. The zero-order valence-corrected chi connectivity index (χ0v) is 17.9. The van der Waals surface area contributed by atoms with Gasteiger partial charge in [-0.2, -0.15) is 5.26 Å². The number of ether oxygens (including phenoxy) is 1. The van der Waals surface area contributed by atoms with Gasteiger partial charge in [-0.3, -0.25) is 10.1 Å². The number of nitrogens with zero attached hydrogens (tertiary/aromatic N) is 1. The maximum atomic E-state index is 12.6. The second-order valence-electron chi connectivity index (χ2n) is 7.39. The highest BCUT2D eigenvalue weighted by Crippen LogP contribution is 2.41. The minimum Gasteiger partial charge on any atom is -0.483 e. The molecule has 5 heteroatoms.